The molecule has 0 aliphatic heterocycles. The Labute approximate surface area is 66.6 Å². The van der Waals surface area contributed by atoms with E-state index in [1.807, 2.05) is 0 Å². The van der Waals surface area contributed by atoms with Gasteiger partial charge in [-0.1, -0.05) is 0 Å². The summed E-state index contributed by atoms with van der Waals surface area (Å²) in [5.74, 6) is -0.473. The Balaban J connectivity index is 4.34. The van der Waals surface area contributed by atoms with Crippen molar-refractivity contribution in [1.82, 2.24) is 10.2 Å². The SMILES string of the molecule is CNC(C)N(C(C)=O)C(C)=O. The molecule has 0 aromatic carbocycles. The molecule has 4 heteroatoms. The van der Waals surface area contributed by atoms with Gasteiger partial charge in [-0.2, -0.15) is 0 Å². The van der Waals surface area contributed by atoms with E-state index in [2.05, 4.69) is 5.32 Å². The second-order valence-corrected chi connectivity index (χ2v) is 2.37. The Morgan fingerprint density at radius 2 is 1.64 bits per heavy atom. The van der Waals surface area contributed by atoms with Crippen LogP contribution >= 0.6 is 0 Å². The second-order valence-electron chi connectivity index (χ2n) is 2.37. The van der Waals surface area contributed by atoms with Gasteiger partial charge < -0.3 is 5.32 Å². The number of hydrogen-bond acceptors (Lipinski definition) is 3. The van der Waals surface area contributed by atoms with Crippen LogP contribution in [0.5, 0.6) is 0 Å². The van der Waals surface area contributed by atoms with Gasteiger partial charge in [0.05, 0.1) is 6.17 Å². The maximum Gasteiger partial charge on any atom is 0.227 e. The van der Waals surface area contributed by atoms with Crippen molar-refractivity contribution in [3.05, 3.63) is 0 Å². The normalized spacial score (nSPS) is 12.4. The van der Waals surface area contributed by atoms with Gasteiger partial charge in [-0.25, -0.2) is 0 Å². The molecule has 0 heterocycles. The van der Waals surface area contributed by atoms with Crippen LogP contribution in [0.2, 0.25) is 0 Å². The molecule has 0 aromatic heterocycles. The van der Waals surface area contributed by atoms with Crippen LogP contribution < -0.4 is 5.32 Å². The van der Waals surface area contributed by atoms with E-state index in [-0.39, 0.29) is 18.0 Å². The molecule has 0 aromatic rings. The van der Waals surface area contributed by atoms with Crippen molar-refractivity contribution < 1.29 is 9.59 Å². The lowest BCUT2D eigenvalue weighted by molar-refractivity contribution is -0.145. The lowest BCUT2D eigenvalue weighted by atomic mass is 10.4. The molecule has 2 amide bonds. The summed E-state index contributed by atoms with van der Waals surface area (Å²) < 4.78 is 0. The van der Waals surface area contributed by atoms with E-state index in [9.17, 15) is 9.59 Å². The van der Waals surface area contributed by atoms with Gasteiger partial charge in [-0.15, -0.1) is 0 Å². The van der Waals surface area contributed by atoms with Crippen molar-refractivity contribution in [3.8, 4) is 0 Å². The molecule has 1 unspecified atom stereocenters. The van der Waals surface area contributed by atoms with Gasteiger partial charge in [0, 0.05) is 13.8 Å². The Morgan fingerprint density at radius 1 is 1.27 bits per heavy atom. The quantitative estimate of drug-likeness (QED) is 0.573. The third-order valence-electron chi connectivity index (χ3n) is 1.48. The zero-order chi connectivity index (χ0) is 9.02. The Hall–Kier alpha value is -0.900. The molecule has 0 rings (SSSR count). The van der Waals surface area contributed by atoms with Gasteiger partial charge in [-0.3, -0.25) is 14.5 Å². The van der Waals surface area contributed by atoms with Gasteiger partial charge in [0.2, 0.25) is 11.8 Å². The monoisotopic (exact) mass is 158 g/mol. The number of imide groups is 1. The van der Waals surface area contributed by atoms with Crippen molar-refractivity contribution in [2.45, 2.75) is 26.9 Å². The summed E-state index contributed by atoms with van der Waals surface area (Å²) in [5, 5.41) is 2.81. The van der Waals surface area contributed by atoms with E-state index in [0.717, 1.165) is 0 Å². The molecular weight excluding hydrogens is 144 g/mol. The molecule has 0 radical (unpaired) electrons. The molecule has 4 nitrogen and oxygen atoms in total. The predicted molar refractivity (Wildman–Crippen MR) is 41.7 cm³/mol. The fraction of sp³-hybridized carbons (Fsp3) is 0.714. The molecule has 1 N–H and O–H groups in total. The highest BCUT2D eigenvalue weighted by Crippen LogP contribution is 1.95. The van der Waals surface area contributed by atoms with Crippen molar-refractivity contribution >= 4 is 11.8 Å². The van der Waals surface area contributed by atoms with Crippen LogP contribution in [-0.2, 0) is 9.59 Å². The molecule has 0 spiro atoms. The Bertz CT molecular complexity index is 154. The smallest absolute Gasteiger partial charge is 0.227 e. The third kappa shape index (κ3) is 2.67. The maximum absolute atomic E-state index is 10.9. The molecule has 0 saturated heterocycles. The van der Waals surface area contributed by atoms with Crippen molar-refractivity contribution in [3.63, 3.8) is 0 Å². The highest BCUT2D eigenvalue weighted by molar-refractivity contribution is 5.93. The molecule has 0 saturated carbocycles. The van der Waals surface area contributed by atoms with Crippen LogP contribution in [0.4, 0.5) is 0 Å². The fourth-order valence-corrected chi connectivity index (χ4v) is 0.896. The minimum atomic E-state index is -0.237. The number of rotatable bonds is 2. The molecule has 0 aliphatic rings. The summed E-state index contributed by atoms with van der Waals surface area (Å²) in [7, 11) is 1.70. The van der Waals surface area contributed by atoms with Crippen molar-refractivity contribution in [2.24, 2.45) is 0 Å². The molecule has 1 atom stereocenters. The molecule has 64 valence electrons. The molecule has 0 aliphatic carbocycles. The zero-order valence-corrected chi connectivity index (χ0v) is 7.34. The molecule has 0 fully saturated rings. The lowest BCUT2D eigenvalue weighted by Crippen LogP contribution is -2.47. The number of carbonyl (C=O) groups is 2. The highest BCUT2D eigenvalue weighted by atomic mass is 16.2. The van der Waals surface area contributed by atoms with E-state index >= 15 is 0 Å². The average Bonchev–Trinajstić information content (AvgIpc) is 1.85. The van der Waals surface area contributed by atoms with Crippen molar-refractivity contribution in [1.29, 1.82) is 0 Å². The maximum atomic E-state index is 10.9. The third-order valence-corrected chi connectivity index (χ3v) is 1.48. The minimum absolute atomic E-state index is 0.231. The molecule has 11 heavy (non-hydrogen) atoms. The zero-order valence-electron chi connectivity index (χ0n) is 7.34. The summed E-state index contributed by atoms with van der Waals surface area (Å²) in [6, 6.07) is 0. The van der Waals surface area contributed by atoms with E-state index in [4.69, 9.17) is 0 Å². The van der Waals surface area contributed by atoms with Crippen LogP contribution in [0.15, 0.2) is 0 Å². The van der Waals surface area contributed by atoms with E-state index < -0.39 is 0 Å². The van der Waals surface area contributed by atoms with Crippen LogP contribution in [0, 0.1) is 0 Å². The van der Waals surface area contributed by atoms with Gasteiger partial charge in [0.15, 0.2) is 0 Å². The van der Waals surface area contributed by atoms with Gasteiger partial charge in [0.25, 0.3) is 0 Å². The minimum Gasteiger partial charge on any atom is -0.300 e. The number of nitrogens with zero attached hydrogens (tertiary/aromatic N) is 1. The Morgan fingerprint density at radius 3 is 1.73 bits per heavy atom. The Kier molecular flexibility index (Phi) is 3.74. The largest absolute Gasteiger partial charge is 0.300 e. The topological polar surface area (TPSA) is 49.4 Å². The van der Waals surface area contributed by atoms with Gasteiger partial charge in [0.1, 0.15) is 0 Å². The summed E-state index contributed by atoms with van der Waals surface area (Å²) in [6.07, 6.45) is -0.231. The summed E-state index contributed by atoms with van der Waals surface area (Å²) in [5.41, 5.74) is 0. The van der Waals surface area contributed by atoms with Crippen LogP contribution in [0.3, 0.4) is 0 Å². The first-order chi connectivity index (χ1) is 5.00. The first-order valence-corrected chi connectivity index (χ1v) is 3.48. The average molecular weight is 158 g/mol. The number of carbonyl (C=O) groups excluding carboxylic acids is 2. The van der Waals surface area contributed by atoms with Crippen LogP contribution in [-0.4, -0.2) is 29.9 Å². The predicted octanol–water partition coefficient (Wildman–Crippen LogP) is -0.0532. The molecular formula is C7H14N2O2. The summed E-state index contributed by atoms with van der Waals surface area (Å²) in [6.45, 7) is 4.49. The van der Waals surface area contributed by atoms with Gasteiger partial charge in [-0.05, 0) is 14.0 Å². The van der Waals surface area contributed by atoms with E-state index in [1.54, 1.807) is 14.0 Å². The number of nitrogens with one attached hydrogen (secondary N) is 1. The highest BCUT2D eigenvalue weighted by Gasteiger charge is 2.18. The summed E-state index contributed by atoms with van der Waals surface area (Å²) >= 11 is 0. The standard InChI is InChI=1S/C7H14N2O2/c1-5(8-4)9(6(2)10)7(3)11/h5,8H,1-4H3. The summed E-state index contributed by atoms with van der Waals surface area (Å²) in [4.78, 5) is 22.9. The van der Waals surface area contributed by atoms with E-state index in [1.165, 1.54) is 18.7 Å². The van der Waals surface area contributed by atoms with Crippen LogP contribution in [0.25, 0.3) is 0 Å². The fourth-order valence-electron chi connectivity index (χ4n) is 0.896. The van der Waals surface area contributed by atoms with Crippen molar-refractivity contribution in [2.75, 3.05) is 7.05 Å². The van der Waals surface area contributed by atoms with E-state index in [0.29, 0.717) is 0 Å². The second kappa shape index (κ2) is 4.08. The molecule has 0 bridgehead atoms. The number of amides is 2. The van der Waals surface area contributed by atoms with Gasteiger partial charge >= 0.3 is 0 Å². The lowest BCUT2D eigenvalue weighted by Gasteiger charge is -2.23. The van der Waals surface area contributed by atoms with Crippen LogP contribution in [0.1, 0.15) is 20.8 Å². The number of hydrogen-bond donors (Lipinski definition) is 1. The first kappa shape index (κ1) is 10.1. The first-order valence-electron chi connectivity index (χ1n) is 3.48.